The van der Waals surface area contributed by atoms with E-state index in [1.165, 1.54) is 9.08 Å². The molecule has 0 fully saturated rings. The van der Waals surface area contributed by atoms with Gasteiger partial charge in [-0.3, -0.25) is 4.98 Å². The van der Waals surface area contributed by atoms with E-state index in [2.05, 4.69) is 21.0 Å². The van der Waals surface area contributed by atoms with Crippen LogP contribution in [0.4, 0.5) is 5.95 Å². The van der Waals surface area contributed by atoms with Crippen molar-refractivity contribution in [1.29, 1.82) is 0 Å². The van der Waals surface area contributed by atoms with Crippen molar-refractivity contribution in [3.8, 4) is 34.7 Å². The van der Waals surface area contributed by atoms with Crippen LogP contribution in [-0.4, -0.2) is 24.1 Å². The Morgan fingerprint density at radius 1 is 1.07 bits per heavy atom. The molecule has 1 aromatic carbocycles. The van der Waals surface area contributed by atoms with Crippen molar-refractivity contribution < 1.29 is 0 Å². The van der Waals surface area contributed by atoms with Gasteiger partial charge < -0.3 is 5.73 Å². The molecule has 0 spiro atoms. The van der Waals surface area contributed by atoms with Gasteiger partial charge in [0.25, 0.3) is 0 Å². The van der Waals surface area contributed by atoms with Gasteiger partial charge >= 0.3 is 5.69 Å². The lowest BCUT2D eigenvalue weighted by Crippen LogP contribution is -2.22. The van der Waals surface area contributed by atoms with Crippen LogP contribution >= 0.6 is 0 Å². The lowest BCUT2D eigenvalue weighted by molar-refractivity contribution is 0.685. The van der Waals surface area contributed by atoms with Crippen LogP contribution in [0.25, 0.3) is 28.0 Å². The Hall–Kier alpha value is -3.92. The normalized spacial score (nSPS) is 10.9. The first-order chi connectivity index (χ1) is 13.5. The molecule has 0 atom stereocenters. The second-order valence-electron chi connectivity index (χ2n) is 6.50. The van der Waals surface area contributed by atoms with Gasteiger partial charge in [-0.2, -0.15) is 0 Å². The van der Waals surface area contributed by atoms with Gasteiger partial charge in [0.2, 0.25) is 5.95 Å². The van der Waals surface area contributed by atoms with E-state index in [4.69, 9.17) is 12.2 Å². The van der Waals surface area contributed by atoms with Crippen LogP contribution < -0.4 is 11.4 Å². The molecule has 0 radical (unpaired) electrons. The van der Waals surface area contributed by atoms with Crippen LogP contribution in [0.15, 0.2) is 47.3 Å². The van der Waals surface area contributed by atoms with Crippen molar-refractivity contribution in [2.45, 2.75) is 20.4 Å². The molecule has 2 N–H and O–H groups in total. The zero-order chi connectivity index (χ0) is 19.8. The number of nitrogens with two attached hydrogens (primary N) is 1. The average molecular weight is 370 g/mol. The Kier molecular flexibility index (Phi) is 4.17. The number of hydrogen-bond acceptors (Lipinski definition) is 5. The molecule has 0 saturated heterocycles. The molecule has 28 heavy (non-hydrogen) atoms. The first-order valence-corrected chi connectivity index (χ1v) is 8.73. The van der Waals surface area contributed by atoms with Gasteiger partial charge in [0.1, 0.15) is 6.54 Å². The van der Waals surface area contributed by atoms with Crippen LogP contribution in [0.1, 0.15) is 11.4 Å². The van der Waals surface area contributed by atoms with E-state index in [-0.39, 0.29) is 12.5 Å². The van der Waals surface area contributed by atoms with Gasteiger partial charge in [0.05, 0.1) is 11.3 Å². The standard InChI is InChI=1S/C21H18N6O/c1-4-10-26-21(28)27-19(25-26)17(16-11-13(2)23-14(3)12-16)18(24-20(27)22)15-8-6-5-7-9-15/h1,5-9,11-12H,10H2,2-3H3,(H2,22,24). The predicted molar refractivity (Wildman–Crippen MR) is 109 cm³/mol. The summed E-state index contributed by atoms with van der Waals surface area (Å²) < 4.78 is 2.51. The van der Waals surface area contributed by atoms with Crippen LogP contribution in [0, 0.1) is 26.2 Å². The number of aryl methyl sites for hydroxylation is 2. The van der Waals surface area contributed by atoms with Crippen LogP contribution in [-0.2, 0) is 6.54 Å². The summed E-state index contributed by atoms with van der Waals surface area (Å²) in [6.45, 7) is 3.89. The van der Waals surface area contributed by atoms with E-state index in [9.17, 15) is 4.79 Å². The number of terminal acetylenes is 1. The van der Waals surface area contributed by atoms with E-state index < -0.39 is 5.69 Å². The first-order valence-electron chi connectivity index (χ1n) is 8.73. The van der Waals surface area contributed by atoms with Crippen molar-refractivity contribution in [2.24, 2.45) is 0 Å². The highest BCUT2D eigenvalue weighted by Gasteiger charge is 2.21. The van der Waals surface area contributed by atoms with E-state index in [1.54, 1.807) is 0 Å². The van der Waals surface area contributed by atoms with Gasteiger partial charge in [0, 0.05) is 17.0 Å². The van der Waals surface area contributed by atoms with Crippen molar-refractivity contribution in [1.82, 2.24) is 24.1 Å². The predicted octanol–water partition coefficient (Wildman–Crippen LogP) is 2.45. The molecule has 3 aromatic heterocycles. The summed E-state index contributed by atoms with van der Waals surface area (Å²) in [5.74, 6) is 2.51. The maximum Gasteiger partial charge on any atom is 0.354 e. The van der Waals surface area contributed by atoms with Gasteiger partial charge in [-0.05, 0) is 31.5 Å². The van der Waals surface area contributed by atoms with E-state index in [0.29, 0.717) is 16.9 Å². The number of aromatic nitrogens is 5. The van der Waals surface area contributed by atoms with Gasteiger partial charge in [0.15, 0.2) is 5.65 Å². The zero-order valence-electron chi connectivity index (χ0n) is 15.5. The zero-order valence-corrected chi connectivity index (χ0v) is 15.5. The number of hydrogen-bond donors (Lipinski definition) is 1. The summed E-state index contributed by atoms with van der Waals surface area (Å²) in [4.78, 5) is 21.7. The Morgan fingerprint density at radius 3 is 2.39 bits per heavy atom. The maximum absolute atomic E-state index is 12.7. The van der Waals surface area contributed by atoms with Crippen molar-refractivity contribution in [2.75, 3.05) is 5.73 Å². The van der Waals surface area contributed by atoms with Gasteiger partial charge in [-0.15, -0.1) is 11.5 Å². The highest BCUT2D eigenvalue weighted by Crippen LogP contribution is 2.34. The average Bonchev–Trinajstić information content (AvgIpc) is 2.98. The molecule has 7 nitrogen and oxygen atoms in total. The van der Waals surface area contributed by atoms with E-state index >= 15 is 0 Å². The van der Waals surface area contributed by atoms with E-state index in [0.717, 1.165) is 22.5 Å². The number of nitrogen functional groups attached to an aromatic ring is 1. The topological polar surface area (TPSA) is 91.1 Å². The summed E-state index contributed by atoms with van der Waals surface area (Å²) in [6, 6.07) is 13.5. The SMILES string of the molecule is C#CCn1nc2c(-c3cc(C)nc(C)c3)c(-c3ccccc3)nc(N)n2c1=O. The molecule has 0 aliphatic heterocycles. The van der Waals surface area contributed by atoms with Crippen LogP contribution in [0.2, 0.25) is 0 Å². The molecule has 7 heteroatoms. The maximum atomic E-state index is 12.7. The number of nitrogens with zero attached hydrogens (tertiary/aromatic N) is 5. The van der Waals surface area contributed by atoms with E-state index in [1.807, 2.05) is 56.3 Å². The molecule has 0 amide bonds. The number of rotatable bonds is 3. The van der Waals surface area contributed by atoms with Crippen LogP contribution in [0.3, 0.4) is 0 Å². The second kappa shape index (κ2) is 6.67. The Labute approximate surface area is 161 Å². The number of benzene rings is 1. The smallest absolute Gasteiger partial charge is 0.354 e. The fourth-order valence-corrected chi connectivity index (χ4v) is 3.34. The van der Waals surface area contributed by atoms with Crippen molar-refractivity contribution in [3.05, 3.63) is 64.3 Å². The molecule has 0 bridgehead atoms. The summed E-state index contributed by atoms with van der Waals surface area (Å²) >= 11 is 0. The quantitative estimate of drug-likeness (QED) is 0.559. The summed E-state index contributed by atoms with van der Waals surface area (Å²) in [5.41, 5.74) is 10.9. The molecule has 4 rings (SSSR count). The number of anilines is 1. The summed E-state index contributed by atoms with van der Waals surface area (Å²) in [5, 5.41) is 4.47. The molecule has 0 saturated carbocycles. The summed E-state index contributed by atoms with van der Waals surface area (Å²) in [6.07, 6.45) is 5.39. The molecular formula is C21H18N6O. The third-order valence-electron chi connectivity index (χ3n) is 4.41. The molecular weight excluding hydrogens is 352 g/mol. The molecule has 0 aliphatic rings. The lowest BCUT2D eigenvalue weighted by Gasteiger charge is -2.13. The minimum absolute atomic E-state index is 0.0501. The third kappa shape index (κ3) is 2.81. The van der Waals surface area contributed by atoms with Crippen LogP contribution in [0.5, 0.6) is 0 Å². The Balaban J connectivity index is 2.17. The van der Waals surface area contributed by atoms with Gasteiger partial charge in [-0.25, -0.2) is 18.9 Å². The molecule has 4 aromatic rings. The fourth-order valence-electron chi connectivity index (χ4n) is 3.34. The number of fused-ring (bicyclic) bond motifs is 1. The van der Waals surface area contributed by atoms with Crippen molar-refractivity contribution in [3.63, 3.8) is 0 Å². The molecule has 0 aliphatic carbocycles. The highest BCUT2D eigenvalue weighted by atomic mass is 16.2. The third-order valence-corrected chi connectivity index (χ3v) is 4.41. The summed E-state index contributed by atoms with van der Waals surface area (Å²) in [7, 11) is 0. The first kappa shape index (κ1) is 17.5. The fraction of sp³-hybridized carbons (Fsp3) is 0.143. The Bertz CT molecular complexity index is 1270. The molecule has 3 heterocycles. The minimum atomic E-state index is -0.415. The largest absolute Gasteiger partial charge is 0.369 e. The Morgan fingerprint density at radius 2 is 1.75 bits per heavy atom. The highest BCUT2D eigenvalue weighted by molar-refractivity contribution is 5.90. The lowest BCUT2D eigenvalue weighted by atomic mass is 9.99. The molecule has 0 unspecified atom stereocenters. The van der Waals surface area contributed by atoms with Crippen molar-refractivity contribution >= 4 is 11.6 Å². The molecule has 138 valence electrons. The minimum Gasteiger partial charge on any atom is -0.369 e. The monoisotopic (exact) mass is 370 g/mol. The second-order valence-corrected chi connectivity index (χ2v) is 6.50. The number of pyridine rings is 1. The van der Waals surface area contributed by atoms with Gasteiger partial charge in [-0.1, -0.05) is 36.3 Å².